The third-order valence-electron chi connectivity index (χ3n) is 2.91. The maximum atomic E-state index is 12.4. The Bertz CT molecular complexity index is 617. The summed E-state index contributed by atoms with van der Waals surface area (Å²) < 4.78 is 15.7. The Hall–Kier alpha value is -2.57. The van der Waals surface area contributed by atoms with Gasteiger partial charge in [-0.25, -0.2) is 0 Å². The van der Waals surface area contributed by atoms with Gasteiger partial charge in [-0.3, -0.25) is 4.79 Å². The van der Waals surface area contributed by atoms with E-state index < -0.39 is 6.04 Å². The first-order valence-electron chi connectivity index (χ1n) is 6.38. The molecule has 2 aromatic rings. The van der Waals surface area contributed by atoms with Crippen LogP contribution in [0.25, 0.3) is 0 Å². The van der Waals surface area contributed by atoms with E-state index in [2.05, 4.69) is 15.5 Å². The summed E-state index contributed by atoms with van der Waals surface area (Å²) in [5.41, 5.74) is 0.325. The molecule has 0 saturated carbocycles. The number of hydrogen-bond donors (Lipinski definition) is 1. The van der Waals surface area contributed by atoms with Crippen LogP contribution in [0.2, 0.25) is 0 Å². The zero-order valence-electron chi connectivity index (χ0n) is 12.3. The molecule has 1 N–H and O–H groups in total. The van der Waals surface area contributed by atoms with Crippen LogP contribution in [0.1, 0.15) is 35.1 Å². The molecule has 0 fully saturated rings. The third kappa shape index (κ3) is 3.13. The van der Waals surface area contributed by atoms with Gasteiger partial charge in [-0.2, -0.15) is 0 Å². The van der Waals surface area contributed by atoms with Crippen LogP contribution >= 0.6 is 0 Å². The van der Waals surface area contributed by atoms with Crippen LogP contribution in [0.5, 0.6) is 11.5 Å². The van der Waals surface area contributed by atoms with Crippen LogP contribution in [-0.4, -0.2) is 30.3 Å². The van der Waals surface area contributed by atoms with E-state index in [9.17, 15) is 4.79 Å². The van der Waals surface area contributed by atoms with E-state index in [1.54, 1.807) is 32.0 Å². The van der Waals surface area contributed by atoms with Crippen molar-refractivity contribution in [2.45, 2.75) is 19.9 Å². The Morgan fingerprint density at radius 3 is 2.33 bits per heavy atom. The highest BCUT2D eigenvalue weighted by molar-refractivity contribution is 5.99. The molecular weight excluding hydrogens is 274 g/mol. The van der Waals surface area contributed by atoms with E-state index in [0.717, 1.165) is 0 Å². The number of ether oxygens (including phenoxy) is 2. The Kier molecular flexibility index (Phi) is 4.42. The summed E-state index contributed by atoms with van der Waals surface area (Å²) in [6.07, 6.45) is 0. The second kappa shape index (κ2) is 6.25. The highest BCUT2D eigenvalue weighted by Gasteiger charge is 2.22. The summed E-state index contributed by atoms with van der Waals surface area (Å²) in [6.45, 7) is 3.45. The number of aromatic nitrogens is 2. The molecule has 7 nitrogen and oxygen atoms in total. The standard InChI is InChI=1S/C14H17N3O4/c1-8(14-17-16-9(2)21-14)15-13(18)12-10(19-3)6-5-7-11(12)20-4/h5-8H,1-4H3,(H,15,18). The minimum atomic E-state index is -0.423. The molecule has 7 heteroatoms. The lowest BCUT2D eigenvalue weighted by Gasteiger charge is -2.15. The molecule has 1 aromatic heterocycles. The number of hydrogen-bond acceptors (Lipinski definition) is 6. The molecule has 0 aliphatic heterocycles. The number of carbonyl (C=O) groups is 1. The summed E-state index contributed by atoms with van der Waals surface area (Å²) in [6, 6.07) is 4.71. The second-order valence-electron chi connectivity index (χ2n) is 4.39. The first-order valence-corrected chi connectivity index (χ1v) is 6.38. The molecule has 1 amide bonds. The molecule has 0 saturated heterocycles. The molecule has 0 radical (unpaired) electrons. The number of rotatable bonds is 5. The monoisotopic (exact) mass is 291 g/mol. The quantitative estimate of drug-likeness (QED) is 0.905. The molecule has 2 rings (SSSR count). The first kappa shape index (κ1) is 14.8. The lowest BCUT2D eigenvalue weighted by molar-refractivity contribution is 0.0927. The summed E-state index contributed by atoms with van der Waals surface area (Å²) in [5.74, 6) is 1.31. The number of nitrogens with one attached hydrogen (secondary N) is 1. The minimum Gasteiger partial charge on any atom is -0.496 e. The van der Waals surface area contributed by atoms with E-state index in [-0.39, 0.29) is 5.91 Å². The smallest absolute Gasteiger partial charge is 0.259 e. The highest BCUT2D eigenvalue weighted by Crippen LogP contribution is 2.28. The molecule has 1 atom stereocenters. The van der Waals surface area contributed by atoms with E-state index in [4.69, 9.17) is 13.9 Å². The Morgan fingerprint density at radius 2 is 1.86 bits per heavy atom. The number of amides is 1. The van der Waals surface area contributed by atoms with Gasteiger partial charge in [0.2, 0.25) is 11.8 Å². The molecule has 0 bridgehead atoms. The van der Waals surface area contributed by atoms with Crippen molar-refractivity contribution < 1.29 is 18.7 Å². The van der Waals surface area contributed by atoms with Crippen LogP contribution in [0.3, 0.4) is 0 Å². The van der Waals surface area contributed by atoms with Gasteiger partial charge in [-0.1, -0.05) is 6.07 Å². The van der Waals surface area contributed by atoms with Crippen LogP contribution in [-0.2, 0) is 0 Å². The number of aryl methyl sites for hydroxylation is 1. The third-order valence-corrected chi connectivity index (χ3v) is 2.91. The van der Waals surface area contributed by atoms with E-state index in [1.807, 2.05) is 0 Å². The van der Waals surface area contributed by atoms with Gasteiger partial charge in [-0.15, -0.1) is 10.2 Å². The fourth-order valence-electron chi connectivity index (χ4n) is 1.89. The van der Waals surface area contributed by atoms with E-state index >= 15 is 0 Å². The highest BCUT2D eigenvalue weighted by atomic mass is 16.5. The van der Waals surface area contributed by atoms with Gasteiger partial charge in [0.25, 0.3) is 5.91 Å². The topological polar surface area (TPSA) is 86.5 Å². The zero-order chi connectivity index (χ0) is 15.4. The van der Waals surface area contributed by atoms with Gasteiger partial charge in [0.15, 0.2) is 0 Å². The van der Waals surface area contributed by atoms with Gasteiger partial charge in [0.1, 0.15) is 23.1 Å². The molecule has 21 heavy (non-hydrogen) atoms. The molecule has 1 heterocycles. The van der Waals surface area contributed by atoms with Gasteiger partial charge in [0, 0.05) is 6.92 Å². The Labute approximate surface area is 122 Å². The van der Waals surface area contributed by atoms with Crippen LogP contribution in [0.15, 0.2) is 22.6 Å². The predicted molar refractivity (Wildman–Crippen MR) is 74.5 cm³/mol. The van der Waals surface area contributed by atoms with Crippen molar-refractivity contribution in [3.63, 3.8) is 0 Å². The predicted octanol–water partition coefficient (Wildman–Crippen LogP) is 1.89. The summed E-state index contributed by atoms with van der Waals surface area (Å²) in [4.78, 5) is 12.4. The van der Waals surface area contributed by atoms with E-state index in [1.165, 1.54) is 14.2 Å². The van der Waals surface area contributed by atoms with Crippen molar-refractivity contribution in [2.75, 3.05) is 14.2 Å². The fraction of sp³-hybridized carbons (Fsp3) is 0.357. The van der Waals surface area contributed by atoms with Crippen LogP contribution in [0.4, 0.5) is 0 Å². The van der Waals surface area contributed by atoms with Crippen molar-refractivity contribution in [3.05, 3.63) is 35.5 Å². The molecule has 0 aliphatic rings. The first-order chi connectivity index (χ1) is 10.1. The average Bonchev–Trinajstić information content (AvgIpc) is 2.92. The number of nitrogens with zero attached hydrogens (tertiary/aromatic N) is 2. The largest absolute Gasteiger partial charge is 0.496 e. The van der Waals surface area contributed by atoms with Gasteiger partial charge in [-0.05, 0) is 19.1 Å². The van der Waals surface area contributed by atoms with Crippen molar-refractivity contribution in [1.82, 2.24) is 15.5 Å². The minimum absolute atomic E-state index is 0.325. The number of benzene rings is 1. The normalized spacial score (nSPS) is 11.8. The number of methoxy groups -OCH3 is 2. The van der Waals surface area contributed by atoms with Gasteiger partial charge < -0.3 is 19.2 Å². The lowest BCUT2D eigenvalue weighted by atomic mass is 10.1. The SMILES string of the molecule is COc1cccc(OC)c1C(=O)NC(C)c1nnc(C)o1. The summed E-state index contributed by atoms with van der Waals surface area (Å²) in [7, 11) is 2.99. The van der Waals surface area contributed by atoms with Crippen LogP contribution in [0, 0.1) is 6.92 Å². The van der Waals surface area contributed by atoms with Crippen molar-refractivity contribution in [3.8, 4) is 11.5 Å². The Morgan fingerprint density at radius 1 is 1.24 bits per heavy atom. The fourth-order valence-corrected chi connectivity index (χ4v) is 1.89. The molecular formula is C14H17N3O4. The second-order valence-corrected chi connectivity index (χ2v) is 4.39. The lowest BCUT2D eigenvalue weighted by Crippen LogP contribution is -2.27. The molecule has 1 aromatic carbocycles. The van der Waals surface area contributed by atoms with Gasteiger partial charge in [0.05, 0.1) is 14.2 Å². The maximum Gasteiger partial charge on any atom is 0.259 e. The zero-order valence-corrected chi connectivity index (χ0v) is 12.3. The molecule has 0 aliphatic carbocycles. The molecule has 112 valence electrons. The van der Waals surface area contributed by atoms with E-state index in [0.29, 0.717) is 28.8 Å². The summed E-state index contributed by atoms with van der Waals surface area (Å²) >= 11 is 0. The Balaban J connectivity index is 2.24. The van der Waals surface area contributed by atoms with Crippen molar-refractivity contribution >= 4 is 5.91 Å². The molecule has 0 spiro atoms. The van der Waals surface area contributed by atoms with Crippen molar-refractivity contribution in [1.29, 1.82) is 0 Å². The maximum absolute atomic E-state index is 12.4. The van der Waals surface area contributed by atoms with Crippen molar-refractivity contribution in [2.24, 2.45) is 0 Å². The average molecular weight is 291 g/mol. The van der Waals surface area contributed by atoms with Crippen LogP contribution < -0.4 is 14.8 Å². The number of carbonyl (C=O) groups excluding carboxylic acids is 1. The molecule has 1 unspecified atom stereocenters. The van der Waals surface area contributed by atoms with Gasteiger partial charge >= 0.3 is 0 Å². The summed E-state index contributed by atoms with van der Waals surface area (Å²) in [5, 5.41) is 10.4.